The molecule has 0 spiro atoms. The number of hydrogen-bond acceptors (Lipinski definition) is 5. The molecule has 6 heteroatoms. The molecule has 1 heterocycles. The highest BCUT2D eigenvalue weighted by Crippen LogP contribution is 2.31. The maximum atomic E-state index is 11.2. The lowest BCUT2D eigenvalue weighted by atomic mass is 9.92. The number of benzene rings is 1. The number of fused-ring (bicyclic) bond motifs is 1. The average Bonchev–Trinajstić information content (AvgIpc) is 2.69. The molecule has 1 N–H and O–H groups in total. The Morgan fingerprint density at radius 1 is 1.07 bits per heavy atom. The molecule has 4 rings (SSSR count). The van der Waals surface area contributed by atoms with Crippen molar-refractivity contribution in [1.82, 2.24) is 9.97 Å². The molecule has 28 heavy (non-hydrogen) atoms. The standard InChI is InChI=1S/C22H26ClN3O2/c1-14(27)28-18-12-10-17(11-13-18)24-22-19-4-2-3-5-20(19)25-21(26-22)15-6-8-16(23)9-7-15/h6-9,17-18H,2-5,10-13H2,1H3,(H,24,25,26). The van der Waals surface area contributed by atoms with Crippen LogP contribution in [0.3, 0.4) is 0 Å². The number of nitrogens with one attached hydrogen (secondary N) is 1. The minimum absolute atomic E-state index is 0.0551. The molecule has 0 aliphatic heterocycles. The van der Waals surface area contributed by atoms with E-state index in [4.69, 9.17) is 26.3 Å². The second-order valence-corrected chi connectivity index (χ2v) is 8.20. The lowest BCUT2D eigenvalue weighted by Crippen LogP contribution is -2.31. The highest BCUT2D eigenvalue weighted by molar-refractivity contribution is 6.30. The summed E-state index contributed by atoms with van der Waals surface area (Å²) in [7, 11) is 0. The van der Waals surface area contributed by atoms with Crippen LogP contribution in [0.4, 0.5) is 5.82 Å². The van der Waals surface area contributed by atoms with Crippen LogP contribution in [0.15, 0.2) is 24.3 Å². The second kappa shape index (κ2) is 8.48. The van der Waals surface area contributed by atoms with Crippen molar-refractivity contribution in [3.8, 4) is 11.4 Å². The summed E-state index contributed by atoms with van der Waals surface area (Å²) in [5.41, 5.74) is 3.42. The summed E-state index contributed by atoms with van der Waals surface area (Å²) in [6.45, 7) is 1.48. The molecular weight excluding hydrogens is 374 g/mol. The van der Waals surface area contributed by atoms with Gasteiger partial charge in [-0.25, -0.2) is 9.97 Å². The van der Waals surface area contributed by atoms with Crippen molar-refractivity contribution >= 4 is 23.4 Å². The Morgan fingerprint density at radius 2 is 1.79 bits per heavy atom. The van der Waals surface area contributed by atoms with Gasteiger partial charge in [0, 0.05) is 34.8 Å². The van der Waals surface area contributed by atoms with Crippen molar-refractivity contribution in [2.45, 2.75) is 70.4 Å². The van der Waals surface area contributed by atoms with Crippen molar-refractivity contribution in [2.24, 2.45) is 0 Å². The van der Waals surface area contributed by atoms with Gasteiger partial charge < -0.3 is 10.1 Å². The van der Waals surface area contributed by atoms with Crippen LogP contribution in [-0.4, -0.2) is 28.1 Å². The smallest absolute Gasteiger partial charge is 0.302 e. The highest BCUT2D eigenvalue weighted by atomic mass is 35.5. The van der Waals surface area contributed by atoms with Crippen molar-refractivity contribution < 1.29 is 9.53 Å². The van der Waals surface area contributed by atoms with Crippen LogP contribution in [0, 0.1) is 0 Å². The van der Waals surface area contributed by atoms with Gasteiger partial charge in [0.05, 0.1) is 0 Å². The Balaban J connectivity index is 1.55. The predicted octanol–water partition coefficient (Wildman–Crippen LogP) is 4.96. The second-order valence-electron chi connectivity index (χ2n) is 7.76. The lowest BCUT2D eigenvalue weighted by Gasteiger charge is -2.30. The van der Waals surface area contributed by atoms with Crippen molar-refractivity contribution in [3.63, 3.8) is 0 Å². The Bertz CT molecular complexity index is 846. The third kappa shape index (κ3) is 4.46. The fourth-order valence-corrected chi connectivity index (χ4v) is 4.32. The Hall–Kier alpha value is -2.14. The first kappa shape index (κ1) is 19.2. The zero-order chi connectivity index (χ0) is 19.5. The molecule has 5 nitrogen and oxygen atoms in total. The Labute approximate surface area is 170 Å². The first-order valence-electron chi connectivity index (χ1n) is 10.2. The summed E-state index contributed by atoms with van der Waals surface area (Å²) in [5, 5.41) is 4.40. The number of aryl methyl sites for hydroxylation is 1. The Morgan fingerprint density at radius 3 is 2.50 bits per heavy atom. The number of carbonyl (C=O) groups is 1. The van der Waals surface area contributed by atoms with Gasteiger partial charge in [0.25, 0.3) is 0 Å². The van der Waals surface area contributed by atoms with Crippen molar-refractivity contribution in [3.05, 3.63) is 40.5 Å². The zero-order valence-corrected chi connectivity index (χ0v) is 17.0. The molecule has 0 saturated heterocycles. The molecule has 148 valence electrons. The summed E-state index contributed by atoms with van der Waals surface area (Å²) in [6.07, 6.45) is 8.21. The van der Waals surface area contributed by atoms with Gasteiger partial charge >= 0.3 is 5.97 Å². The van der Waals surface area contributed by atoms with Gasteiger partial charge in [-0.05, 0) is 75.6 Å². The molecule has 1 aromatic heterocycles. The molecule has 1 aromatic carbocycles. The average molecular weight is 400 g/mol. The number of anilines is 1. The summed E-state index contributed by atoms with van der Waals surface area (Å²) in [4.78, 5) is 20.9. The molecule has 0 atom stereocenters. The van der Waals surface area contributed by atoms with Gasteiger partial charge in [-0.15, -0.1) is 0 Å². The van der Waals surface area contributed by atoms with E-state index >= 15 is 0 Å². The number of halogens is 1. The molecule has 2 aliphatic rings. The van der Waals surface area contributed by atoms with E-state index < -0.39 is 0 Å². The van der Waals surface area contributed by atoms with E-state index in [1.807, 2.05) is 24.3 Å². The van der Waals surface area contributed by atoms with Crippen LogP contribution in [0.1, 0.15) is 56.7 Å². The van der Waals surface area contributed by atoms with E-state index in [0.717, 1.165) is 55.7 Å². The minimum atomic E-state index is -0.186. The zero-order valence-electron chi connectivity index (χ0n) is 16.2. The number of esters is 1. The molecule has 0 bridgehead atoms. The van der Waals surface area contributed by atoms with E-state index in [1.54, 1.807) is 0 Å². The van der Waals surface area contributed by atoms with E-state index in [9.17, 15) is 4.79 Å². The van der Waals surface area contributed by atoms with Crippen LogP contribution in [0.2, 0.25) is 5.02 Å². The summed E-state index contributed by atoms with van der Waals surface area (Å²) >= 11 is 6.03. The lowest BCUT2D eigenvalue weighted by molar-refractivity contribution is -0.147. The molecule has 0 amide bonds. The van der Waals surface area contributed by atoms with Crippen LogP contribution in [0.25, 0.3) is 11.4 Å². The molecule has 1 fully saturated rings. The largest absolute Gasteiger partial charge is 0.463 e. The van der Waals surface area contributed by atoms with Crippen LogP contribution < -0.4 is 5.32 Å². The van der Waals surface area contributed by atoms with Gasteiger partial charge in [-0.1, -0.05) is 11.6 Å². The molecule has 2 aliphatic carbocycles. The summed E-state index contributed by atoms with van der Waals surface area (Å²) in [5.74, 6) is 1.55. The summed E-state index contributed by atoms with van der Waals surface area (Å²) < 4.78 is 5.36. The number of rotatable bonds is 4. The maximum Gasteiger partial charge on any atom is 0.302 e. The van der Waals surface area contributed by atoms with Gasteiger partial charge in [0.1, 0.15) is 11.9 Å². The summed E-state index contributed by atoms with van der Waals surface area (Å²) in [6, 6.07) is 8.06. The van der Waals surface area contributed by atoms with Gasteiger partial charge in [-0.3, -0.25) is 4.79 Å². The first-order valence-corrected chi connectivity index (χ1v) is 10.6. The van der Waals surface area contributed by atoms with E-state index in [1.165, 1.54) is 31.0 Å². The quantitative estimate of drug-likeness (QED) is 0.736. The molecule has 0 radical (unpaired) electrons. The highest BCUT2D eigenvalue weighted by Gasteiger charge is 2.25. The monoisotopic (exact) mass is 399 g/mol. The molecule has 1 saturated carbocycles. The number of ether oxygens (including phenoxy) is 1. The predicted molar refractivity (Wildman–Crippen MR) is 111 cm³/mol. The molecular formula is C22H26ClN3O2. The molecule has 2 aromatic rings. The normalized spacial score (nSPS) is 21.6. The third-order valence-corrected chi connectivity index (χ3v) is 5.89. The SMILES string of the molecule is CC(=O)OC1CCC(Nc2nc(-c3ccc(Cl)cc3)nc3c2CCCC3)CC1. The third-order valence-electron chi connectivity index (χ3n) is 5.63. The van der Waals surface area contributed by atoms with Gasteiger partial charge in [0.2, 0.25) is 0 Å². The number of aromatic nitrogens is 2. The van der Waals surface area contributed by atoms with Gasteiger partial charge in [0.15, 0.2) is 5.82 Å². The van der Waals surface area contributed by atoms with Crippen LogP contribution in [-0.2, 0) is 22.4 Å². The van der Waals surface area contributed by atoms with Crippen LogP contribution >= 0.6 is 11.6 Å². The number of hydrogen-bond donors (Lipinski definition) is 1. The van der Waals surface area contributed by atoms with E-state index in [0.29, 0.717) is 11.1 Å². The van der Waals surface area contributed by atoms with E-state index in [2.05, 4.69) is 5.32 Å². The van der Waals surface area contributed by atoms with Crippen molar-refractivity contribution in [2.75, 3.05) is 5.32 Å². The van der Waals surface area contributed by atoms with E-state index in [-0.39, 0.29) is 12.1 Å². The number of nitrogens with zero attached hydrogens (tertiary/aromatic N) is 2. The topological polar surface area (TPSA) is 64.1 Å². The van der Waals surface area contributed by atoms with Gasteiger partial charge in [-0.2, -0.15) is 0 Å². The maximum absolute atomic E-state index is 11.2. The van der Waals surface area contributed by atoms with Crippen LogP contribution in [0.5, 0.6) is 0 Å². The fourth-order valence-electron chi connectivity index (χ4n) is 4.19. The number of carbonyl (C=O) groups excluding carboxylic acids is 1. The Kier molecular flexibility index (Phi) is 5.81. The van der Waals surface area contributed by atoms with Crippen molar-refractivity contribution in [1.29, 1.82) is 0 Å². The first-order chi connectivity index (χ1) is 13.6. The minimum Gasteiger partial charge on any atom is -0.463 e. The fraction of sp³-hybridized carbons (Fsp3) is 0.500. The molecule has 0 unspecified atom stereocenters.